The van der Waals surface area contributed by atoms with Crippen molar-refractivity contribution in [3.8, 4) is 0 Å². The Labute approximate surface area is 147 Å². The van der Waals surface area contributed by atoms with Gasteiger partial charge in [-0.25, -0.2) is 0 Å². The minimum Gasteiger partial charge on any atom is -0.298 e. The third-order valence-corrected chi connectivity index (χ3v) is 4.41. The highest BCUT2D eigenvalue weighted by molar-refractivity contribution is 6.00. The molecule has 0 aromatic rings. The molecule has 0 saturated heterocycles. The molecule has 0 aromatic carbocycles. The standard InChI is InChI=1S/C22H30O2/c1-13(2)17(6)21(10)22(24)15(4)11-14(3)18(7)20(9)19(8)16(5)12-23/h12-15H,5-11H2,1-4H3/t14-,15+/m0/s1. The Bertz CT molecular complexity index is 614. The molecule has 0 aromatic heterocycles. The average molecular weight is 326 g/mol. The van der Waals surface area contributed by atoms with Crippen molar-refractivity contribution >= 4 is 12.1 Å². The third-order valence-electron chi connectivity index (χ3n) is 4.41. The van der Waals surface area contributed by atoms with Gasteiger partial charge in [0.05, 0.1) is 0 Å². The van der Waals surface area contributed by atoms with Gasteiger partial charge in [-0.05, 0) is 40.5 Å². The molecule has 2 nitrogen and oxygen atoms in total. The van der Waals surface area contributed by atoms with E-state index in [2.05, 4.69) is 39.5 Å². The van der Waals surface area contributed by atoms with E-state index in [1.165, 1.54) is 0 Å². The van der Waals surface area contributed by atoms with E-state index in [4.69, 9.17) is 0 Å². The summed E-state index contributed by atoms with van der Waals surface area (Å²) in [6.45, 7) is 31.1. The van der Waals surface area contributed by atoms with Crippen LogP contribution >= 0.6 is 0 Å². The lowest BCUT2D eigenvalue weighted by Crippen LogP contribution is -2.19. The third kappa shape index (κ3) is 5.45. The molecule has 24 heavy (non-hydrogen) atoms. The van der Waals surface area contributed by atoms with Gasteiger partial charge in [-0.3, -0.25) is 9.59 Å². The number of Topliss-reactive ketones (excluding diaryl/α,β-unsaturated/α-hetero) is 1. The van der Waals surface area contributed by atoms with Crippen molar-refractivity contribution in [2.45, 2.75) is 34.1 Å². The lowest BCUT2D eigenvalue weighted by Gasteiger charge is -2.22. The van der Waals surface area contributed by atoms with Crippen molar-refractivity contribution in [2.75, 3.05) is 0 Å². The lowest BCUT2D eigenvalue weighted by atomic mass is 9.81. The van der Waals surface area contributed by atoms with E-state index >= 15 is 0 Å². The van der Waals surface area contributed by atoms with Gasteiger partial charge in [0, 0.05) is 17.1 Å². The molecule has 0 N–H and O–H groups in total. The van der Waals surface area contributed by atoms with Crippen LogP contribution in [-0.2, 0) is 9.59 Å². The number of rotatable bonds is 11. The van der Waals surface area contributed by atoms with Gasteiger partial charge in [-0.2, -0.15) is 0 Å². The minimum absolute atomic E-state index is 0.00934. The fourth-order valence-corrected chi connectivity index (χ4v) is 2.34. The first kappa shape index (κ1) is 21.8. The summed E-state index contributed by atoms with van der Waals surface area (Å²) >= 11 is 0. The molecule has 0 fully saturated rings. The van der Waals surface area contributed by atoms with Crippen LogP contribution in [0.1, 0.15) is 34.1 Å². The monoisotopic (exact) mass is 326 g/mol. The summed E-state index contributed by atoms with van der Waals surface area (Å²) in [7, 11) is 0. The average Bonchev–Trinajstić information content (AvgIpc) is 2.56. The van der Waals surface area contributed by atoms with Crippen molar-refractivity contribution in [2.24, 2.45) is 17.8 Å². The number of ketones is 1. The zero-order valence-electron chi connectivity index (χ0n) is 15.6. The maximum atomic E-state index is 12.5. The molecule has 130 valence electrons. The normalized spacial score (nSPS) is 12.9. The lowest BCUT2D eigenvalue weighted by molar-refractivity contribution is -0.118. The molecule has 0 heterocycles. The number of aldehydes is 1. The molecule has 0 aliphatic rings. The Morgan fingerprint density at radius 2 is 1.29 bits per heavy atom. The van der Waals surface area contributed by atoms with E-state index in [9.17, 15) is 9.59 Å². The van der Waals surface area contributed by atoms with Crippen molar-refractivity contribution < 1.29 is 9.59 Å². The van der Waals surface area contributed by atoms with Gasteiger partial charge in [0.2, 0.25) is 0 Å². The van der Waals surface area contributed by atoms with Gasteiger partial charge in [0.25, 0.3) is 0 Å². The Balaban J connectivity index is 4.95. The highest BCUT2D eigenvalue weighted by atomic mass is 16.1. The van der Waals surface area contributed by atoms with Gasteiger partial charge >= 0.3 is 0 Å². The van der Waals surface area contributed by atoms with Gasteiger partial charge in [-0.1, -0.05) is 67.2 Å². The number of allylic oxidation sites excluding steroid dienone is 6. The Hall–Kier alpha value is -2.22. The molecule has 0 unspecified atom stereocenters. The maximum Gasteiger partial charge on any atom is 0.165 e. The summed E-state index contributed by atoms with van der Waals surface area (Å²) in [4.78, 5) is 23.3. The SMILES string of the molecule is C=C(C=O)C(=C)C(=C)C(=C)[C@@H](C)C[C@@H](C)C(=O)C(=C)C(=C)C(C)C. The largest absolute Gasteiger partial charge is 0.298 e. The number of carbonyl (C=O) groups is 2. The zero-order chi connectivity index (χ0) is 19.2. The summed E-state index contributed by atoms with van der Waals surface area (Å²) in [5.41, 5.74) is 3.41. The summed E-state index contributed by atoms with van der Waals surface area (Å²) in [5, 5.41) is 0. The first-order valence-corrected chi connectivity index (χ1v) is 8.09. The highest BCUT2D eigenvalue weighted by Crippen LogP contribution is 2.30. The highest BCUT2D eigenvalue weighted by Gasteiger charge is 2.23. The molecule has 2 atom stereocenters. The van der Waals surface area contributed by atoms with Crippen molar-refractivity contribution in [3.63, 3.8) is 0 Å². The van der Waals surface area contributed by atoms with E-state index in [1.807, 2.05) is 27.7 Å². The van der Waals surface area contributed by atoms with Crippen molar-refractivity contribution in [3.05, 3.63) is 72.9 Å². The van der Waals surface area contributed by atoms with Crippen LogP contribution in [-0.4, -0.2) is 12.1 Å². The molecule has 0 aliphatic carbocycles. The second-order valence-electron chi connectivity index (χ2n) is 6.69. The Morgan fingerprint density at radius 3 is 1.71 bits per heavy atom. The predicted molar refractivity (Wildman–Crippen MR) is 104 cm³/mol. The van der Waals surface area contributed by atoms with E-state index < -0.39 is 0 Å². The number of carbonyl (C=O) groups excluding carboxylic acids is 2. The summed E-state index contributed by atoms with van der Waals surface area (Å²) in [6.07, 6.45) is 1.26. The molecule has 2 heteroatoms. The van der Waals surface area contributed by atoms with Crippen LogP contribution in [0.4, 0.5) is 0 Å². The van der Waals surface area contributed by atoms with Crippen molar-refractivity contribution in [1.82, 2.24) is 0 Å². The quantitative estimate of drug-likeness (QED) is 0.289. The van der Waals surface area contributed by atoms with E-state index in [0.717, 1.165) is 11.1 Å². The van der Waals surface area contributed by atoms with E-state index in [1.54, 1.807) is 0 Å². The molecule has 0 spiro atoms. The molecular weight excluding hydrogens is 296 g/mol. The second-order valence-corrected chi connectivity index (χ2v) is 6.69. The minimum atomic E-state index is -0.199. The maximum absolute atomic E-state index is 12.5. The molecular formula is C22H30O2. The molecule has 0 saturated carbocycles. The molecule has 0 rings (SSSR count). The number of hydrogen-bond donors (Lipinski definition) is 0. The van der Waals surface area contributed by atoms with E-state index in [0.29, 0.717) is 35.0 Å². The fourth-order valence-electron chi connectivity index (χ4n) is 2.34. The topological polar surface area (TPSA) is 34.1 Å². The first-order chi connectivity index (χ1) is 10.9. The van der Waals surface area contributed by atoms with Gasteiger partial charge in [0.1, 0.15) is 6.29 Å². The van der Waals surface area contributed by atoms with Crippen LogP contribution in [0, 0.1) is 17.8 Å². The van der Waals surface area contributed by atoms with Crippen LogP contribution in [0.25, 0.3) is 0 Å². The fraction of sp³-hybridized carbons (Fsp3) is 0.364. The van der Waals surface area contributed by atoms with Crippen LogP contribution < -0.4 is 0 Å². The van der Waals surface area contributed by atoms with Crippen LogP contribution in [0.3, 0.4) is 0 Å². The van der Waals surface area contributed by atoms with Gasteiger partial charge in [0.15, 0.2) is 5.78 Å². The summed E-state index contributed by atoms with van der Waals surface area (Å²) in [5.74, 6) is 0.0245. The Kier molecular flexibility index (Phi) is 8.32. The smallest absolute Gasteiger partial charge is 0.165 e. The summed E-state index contributed by atoms with van der Waals surface area (Å²) in [6, 6.07) is 0. The van der Waals surface area contributed by atoms with Crippen LogP contribution in [0.15, 0.2) is 72.9 Å². The molecule has 0 bridgehead atoms. The predicted octanol–water partition coefficient (Wildman–Crippen LogP) is 5.41. The van der Waals surface area contributed by atoms with Crippen LogP contribution in [0.5, 0.6) is 0 Å². The zero-order valence-corrected chi connectivity index (χ0v) is 15.6. The van der Waals surface area contributed by atoms with Crippen molar-refractivity contribution in [1.29, 1.82) is 0 Å². The molecule has 0 radical (unpaired) electrons. The summed E-state index contributed by atoms with van der Waals surface area (Å²) < 4.78 is 0. The molecule has 0 aliphatic heterocycles. The van der Waals surface area contributed by atoms with Gasteiger partial charge in [-0.15, -0.1) is 0 Å². The van der Waals surface area contributed by atoms with E-state index in [-0.39, 0.29) is 23.5 Å². The number of hydrogen-bond acceptors (Lipinski definition) is 2. The first-order valence-electron chi connectivity index (χ1n) is 8.09. The Morgan fingerprint density at radius 1 is 0.792 bits per heavy atom. The van der Waals surface area contributed by atoms with Crippen LogP contribution in [0.2, 0.25) is 0 Å². The molecule has 0 amide bonds. The second kappa shape index (κ2) is 9.17. The van der Waals surface area contributed by atoms with Gasteiger partial charge < -0.3 is 0 Å².